The molecule has 1 aliphatic heterocycles. The first-order chi connectivity index (χ1) is 9.63. The standard InChI is InChI=1S/C16H26BrN3/c1-4-7-18-10-14-9-15(17)11-19-16(14)20-8-5-6-12(2)13(20)3/h9,11-13,18H,4-8,10H2,1-3H3. The highest BCUT2D eigenvalue weighted by molar-refractivity contribution is 9.10. The maximum Gasteiger partial charge on any atom is 0.133 e. The maximum absolute atomic E-state index is 4.70. The van der Waals surface area contributed by atoms with Crippen molar-refractivity contribution in [2.24, 2.45) is 5.92 Å². The zero-order valence-electron chi connectivity index (χ0n) is 12.8. The number of nitrogens with zero attached hydrogens (tertiary/aromatic N) is 2. The van der Waals surface area contributed by atoms with Crippen LogP contribution in [0.5, 0.6) is 0 Å². The minimum absolute atomic E-state index is 0.572. The molecular weight excluding hydrogens is 314 g/mol. The molecule has 2 atom stereocenters. The predicted octanol–water partition coefficient (Wildman–Crippen LogP) is 3.97. The van der Waals surface area contributed by atoms with Gasteiger partial charge in [-0.05, 0) is 60.6 Å². The molecule has 0 aliphatic carbocycles. The van der Waals surface area contributed by atoms with E-state index in [4.69, 9.17) is 4.98 Å². The van der Waals surface area contributed by atoms with Crippen LogP contribution in [0.1, 0.15) is 45.6 Å². The van der Waals surface area contributed by atoms with Crippen LogP contribution >= 0.6 is 15.9 Å². The number of hydrogen-bond donors (Lipinski definition) is 1. The van der Waals surface area contributed by atoms with Crippen molar-refractivity contribution in [3.05, 3.63) is 22.3 Å². The van der Waals surface area contributed by atoms with Crippen LogP contribution in [0.25, 0.3) is 0 Å². The van der Waals surface area contributed by atoms with E-state index in [-0.39, 0.29) is 0 Å². The Balaban J connectivity index is 2.20. The largest absolute Gasteiger partial charge is 0.353 e. The lowest BCUT2D eigenvalue weighted by atomic mass is 9.92. The highest BCUT2D eigenvalue weighted by Gasteiger charge is 2.27. The van der Waals surface area contributed by atoms with Gasteiger partial charge in [0.15, 0.2) is 0 Å². The lowest BCUT2D eigenvalue weighted by molar-refractivity contribution is 0.361. The van der Waals surface area contributed by atoms with Gasteiger partial charge >= 0.3 is 0 Å². The molecule has 2 heterocycles. The van der Waals surface area contributed by atoms with Gasteiger partial charge in [-0.1, -0.05) is 13.8 Å². The van der Waals surface area contributed by atoms with Crippen molar-refractivity contribution in [3.8, 4) is 0 Å². The fraction of sp³-hybridized carbons (Fsp3) is 0.688. The Morgan fingerprint density at radius 2 is 2.25 bits per heavy atom. The zero-order chi connectivity index (χ0) is 14.5. The van der Waals surface area contributed by atoms with E-state index >= 15 is 0 Å². The van der Waals surface area contributed by atoms with Crippen LogP contribution in [0.15, 0.2) is 16.7 Å². The predicted molar refractivity (Wildman–Crippen MR) is 89.1 cm³/mol. The second-order valence-electron chi connectivity index (χ2n) is 5.87. The Hall–Kier alpha value is -0.610. The number of halogens is 1. The summed E-state index contributed by atoms with van der Waals surface area (Å²) in [5, 5.41) is 3.50. The fourth-order valence-corrected chi connectivity index (χ4v) is 3.28. The number of rotatable bonds is 5. The van der Waals surface area contributed by atoms with Gasteiger partial charge in [-0.25, -0.2) is 4.98 Å². The van der Waals surface area contributed by atoms with Crippen molar-refractivity contribution in [2.45, 2.75) is 52.6 Å². The van der Waals surface area contributed by atoms with Crippen LogP contribution in [0.3, 0.4) is 0 Å². The van der Waals surface area contributed by atoms with Crippen molar-refractivity contribution in [1.29, 1.82) is 0 Å². The van der Waals surface area contributed by atoms with Crippen LogP contribution in [-0.4, -0.2) is 24.1 Å². The molecule has 1 aromatic rings. The van der Waals surface area contributed by atoms with Crippen molar-refractivity contribution in [1.82, 2.24) is 10.3 Å². The van der Waals surface area contributed by atoms with Crippen LogP contribution < -0.4 is 10.2 Å². The molecule has 1 fully saturated rings. The third kappa shape index (κ3) is 3.73. The molecule has 1 aromatic heterocycles. The smallest absolute Gasteiger partial charge is 0.133 e. The fourth-order valence-electron chi connectivity index (χ4n) is 2.90. The quantitative estimate of drug-likeness (QED) is 0.822. The summed E-state index contributed by atoms with van der Waals surface area (Å²) in [6.07, 6.45) is 5.68. The average molecular weight is 340 g/mol. The Kier molecular flexibility index (Phi) is 5.85. The van der Waals surface area contributed by atoms with E-state index in [2.05, 4.69) is 53.0 Å². The van der Waals surface area contributed by atoms with Gasteiger partial charge in [-0.15, -0.1) is 0 Å². The molecule has 2 rings (SSSR count). The van der Waals surface area contributed by atoms with Gasteiger partial charge in [0.1, 0.15) is 5.82 Å². The molecule has 2 unspecified atom stereocenters. The van der Waals surface area contributed by atoms with Gasteiger partial charge in [-0.2, -0.15) is 0 Å². The molecule has 0 saturated carbocycles. The summed E-state index contributed by atoms with van der Waals surface area (Å²) in [5.41, 5.74) is 1.30. The monoisotopic (exact) mass is 339 g/mol. The molecule has 0 bridgehead atoms. The van der Waals surface area contributed by atoms with Crippen LogP contribution in [0.4, 0.5) is 5.82 Å². The lowest BCUT2D eigenvalue weighted by Crippen LogP contribution is -2.43. The first-order valence-electron chi connectivity index (χ1n) is 7.75. The SMILES string of the molecule is CCCNCc1cc(Br)cnc1N1CCCC(C)C1C. The van der Waals surface area contributed by atoms with Crippen LogP contribution in [0, 0.1) is 5.92 Å². The van der Waals surface area contributed by atoms with E-state index in [0.717, 1.165) is 42.3 Å². The van der Waals surface area contributed by atoms with Crippen molar-refractivity contribution in [2.75, 3.05) is 18.0 Å². The lowest BCUT2D eigenvalue weighted by Gasteiger charge is -2.39. The molecule has 1 aliphatic rings. The van der Waals surface area contributed by atoms with Gasteiger partial charge in [0, 0.05) is 35.4 Å². The number of nitrogens with one attached hydrogen (secondary N) is 1. The van der Waals surface area contributed by atoms with Crippen molar-refractivity contribution < 1.29 is 0 Å². The average Bonchev–Trinajstić information content (AvgIpc) is 2.43. The Morgan fingerprint density at radius 1 is 1.45 bits per heavy atom. The van der Waals surface area contributed by atoms with E-state index in [1.165, 1.54) is 18.4 Å². The molecule has 1 N–H and O–H groups in total. The Labute approximate surface area is 131 Å². The highest BCUT2D eigenvalue weighted by Crippen LogP contribution is 2.30. The van der Waals surface area contributed by atoms with Crippen molar-refractivity contribution in [3.63, 3.8) is 0 Å². The second-order valence-corrected chi connectivity index (χ2v) is 6.78. The van der Waals surface area contributed by atoms with Gasteiger partial charge in [-0.3, -0.25) is 0 Å². The van der Waals surface area contributed by atoms with Crippen molar-refractivity contribution >= 4 is 21.7 Å². The first kappa shape index (κ1) is 15.8. The van der Waals surface area contributed by atoms with Crippen LogP contribution in [-0.2, 0) is 6.54 Å². The molecule has 20 heavy (non-hydrogen) atoms. The Morgan fingerprint density at radius 3 is 3.00 bits per heavy atom. The Bertz CT molecular complexity index is 436. The van der Waals surface area contributed by atoms with Gasteiger partial charge in [0.25, 0.3) is 0 Å². The molecule has 3 nitrogen and oxygen atoms in total. The minimum atomic E-state index is 0.572. The summed E-state index contributed by atoms with van der Waals surface area (Å²) in [7, 11) is 0. The molecule has 4 heteroatoms. The summed E-state index contributed by atoms with van der Waals surface area (Å²) in [4.78, 5) is 7.19. The van der Waals surface area contributed by atoms with E-state index in [1.54, 1.807) is 0 Å². The van der Waals surface area contributed by atoms with Gasteiger partial charge < -0.3 is 10.2 Å². The van der Waals surface area contributed by atoms with Gasteiger partial charge in [0.2, 0.25) is 0 Å². The third-order valence-electron chi connectivity index (χ3n) is 4.30. The molecule has 0 aromatic carbocycles. The normalized spacial score (nSPS) is 23.1. The molecule has 112 valence electrons. The number of piperidine rings is 1. The zero-order valence-corrected chi connectivity index (χ0v) is 14.4. The van der Waals surface area contributed by atoms with Crippen LogP contribution in [0.2, 0.25) is 0 Å². The third-order valence-corrected chi connectivity index (χ3v) is 4.73. The maximum atomic E-state index is 4.70. The van der Waals surface area contributed by atoms with E-state index < -0.39 is 0 Å². The summed E-state index contributed by atoms with van der Waals surface area (Å²) in [6, 6.07) is 2.78. The van der Waals surface area contributed by atoms with Gasteiger partial charge in [0.05, 0.1) is 0 Å². The molecule has 0 spiro atoms. The van der Waals surface area contributed by atoms with E-state index in [1.807, 2.05) is 6.20 Å². The molecule has 0 radical (unpaired) electrons. The summed E-state index contributed by atoms with van der Waals surface area (Å²) < 4.78 is 1.06. The highest BCUT2D eigenvalue weighted by atomic mass is 79.9. The number of pyridine rings is 1. The first-order valence-corrected chi connectivity index (χ1v) is 8.54. The molecule has 0 amide bonds. The van der Waals surface area contributed by atoms with E-state index in [9.17, 15) is 0 Å². The minimum Gasteiger partial charge on any atom is -0.353 e. The summed E-state index contributed by atoms with van der Waals surface area (Å²) in [6.45, 7) is 9.95. The number of hydrogen-bond acceptors (Lipinski definition) is 3. The molecular formula is C16H26BrN3. The summed E-state index contributed by atoms with van der Waals surface area (Å²) in [5.74, 6) is 1.90. The van der Waals surface area contributed by atoms with E-state index in [0.29, 0.717) is 6.04 Å². The topological polar surface area (TPSA) is 28.2 Å². The number of aromatic nitrogens is 1. The summed E-state index contributed by atoms with van der Waals surface area (Å²) >= 11 is 3.55. The second kappa shape index (κ2) is 7.41. The number of anilines is 1. The molecule has 1 saturated heterocycles.